The Morgan fingerprint density at radius 3 is 1.69 bits per heavy atom. The molecule has 4 aromatic rings. The maximum atomic E-state index is 12.2. The third kappa shape index (κ3) is 4.62. The van der Waals surface area contributed by atoms with Gasteiger partial charge in [-0.1, -0.05) is 66.7 Å². The summed E-state index contributed by atoms with van der Waals surface area (Å²) in [5.74, 6) is 0.703. The van der Waals surface area contributed by atoms with Gasteiger partial charge in [-0.2, -0.15) is 0 Å². The summed E-state index contributed by atoms with van der Waals surface area (Å²) >= 11 is 0. The van der Waals surface area contributed by atoms with Crippen LogP contribution in [0.2, 0.25) is 0 Å². The number of rotatable bonds is 4. The van der Waals surface area contributed by atoms with Crippen LogP contribution in [-0.2, 0) is 0 Å². The Bertz CT molecular complexity index is 1090. The maximum Gasteiger partial charge on any atom is 0.417 e. The molecule has 0 atom stereocenters. The molecular weight excluding hydrogens is 362 g/mol. The molecule has 0 unspecified atom stereocenters. The molecule has 0 aliphatic carbocycles. The first-order chi connectivity index (χ1) is 14.2. The van der Waals surface area contributed by atoms with Crippen LogP contribution in [-0.4, -0.2) is 11.2 Å². The van der Waals surface area contributed by atoms with Gasteiger partial charge in [0.05, 0.1) is 0 Å². The number of hydrogen-bond acceptors (Lipinski definition) is 3. The quantitative estimate of drug-likeness (QED) is 0.434. The van der Waals surface area contributed by atoms with Gasteiger partial charge in [-0.05, 0) is 58.7 Å². The molecule has 0 saturated carbocycles. The average Bonchev–Trinajstić information content (AvgIpc) is 2.76. The summed E-state index contributed by atoms with van der Waals surface area (Å²) in [6.07, 6.45) is -0.546. The molecule has 0 bridgehead atoms. The summed E-state index contributed by atoms with van der Waals surface area (Å²) in [6.45, 7) is 0. The van der Waals surface area contributed by atoms with Gasteiger partial charge >= 0.3 is 6.09 Å². The highest BCUT2D eigenvalue weighted by molar-refractivity contribution is 5.86. The van der Waals surface area contributed by atoms with E-state index in [9.17, 15) is 9.90 Å². The highest BCUT2D eigenvalue weighted by Gasteiger charge is 2.06. The SMILES string of the molecule is O=C(Nc1ccc(-c2ccc(O)cc2)cc1)Oc1ccc(-c2ccccc2)cc1. The van der Waals surface area contributed by atoms with Crippen molar-refractivity contribution in [3.63, 3.8) is 0 Å². The van der Waals surface area contributed by atoms with Crippen molar-refractivity contribution in [1.29, 1.82) is 0 Å². The second-order valence-electron chi connectivity index (χ2n) is 6.53. The first kappa shape index (κ1) is 18.3. The van der Waals surface area contributed by atoms with E-state index in [4.69, 9.17) is 4.74 Å². The minimum Gasteiger partial charge on any atom is -0.508 e. The third-order valence-electron chi connectivity index (χ3n) is 4.50. The molecule has 0 aliphatic rings. The van der Waals surface area contributed by atoms with E-state index < -0.39 is 6.09 Å². The van der Waals surface area contributed by atoms with E-state index in [0.717, 1.165) is 22.3 Å². The van der Waals surface area contributed by atoms with Gasteiger partial charge in [0.2, 0.25) is 0 Å². The number of carbonyl (C=O) groups is 1. The summed E-state index contributed by atoms with van der Waals surface area (Å²) in [7, 11) is 0. The van der Waals surface area contributed by atoms with E-state index in [1.54, 1.807) is 24.3 Å². The van der Waals surface area contributed by atoms with Gasteiger partial charge in [0.15, 0.2) is 0 Å². The van der Waals surface area contributed by atoms with Gasteiger partial charge in [0.25, 0.3) is 0 Å². The molecule has 142 valence electrons. The van der Waals surface area contributed by atoms with Crippen LogP contribution < -0.4 is 10.1 Å². The van der Waals surface area contributed by atoms with Crippen LogP contribution >= 0.6 is 0 Å². The lowest BCUT2D eigenvalue weighted by molar-refractivity contribution is 0.215. The van der Waals surface area contributed by atoms with Crippen LogP contribution in [0.5, 0.6) is 11.5 Å². The first-order valence-corrected chi connectivity index (χ1v) is 9.21. The minimum atomic E-state index is -0.546. The molecule has 0 aliphatic heterocycles. The number of hydrogen-bond donors (Lipinski definition) is 2. The van der Waals surface area contributed by atoms with Gasteiger partial charge in [0.1, 0.15) is 11.5 Å². The van der Waals surface area contributed by atoms with E-state index in [2.05, 4.69) is 5.32 Å². The number of phenolic OH excluding ortho intramolecular Hbond substituents is 1. The van der Waals surface area contributed by atoms with Crippen molar-refractivity contribution in [3.05, 3.63) is 103 Å². The van der Waals surface area contributed by atoms with Crippen LogP contribution in [0, 0.1) is 0 Å². The minimum absolute atomic E-state index is 0.228. The fraction of sp³-hybridized carbons (Fsp3) is 0. The standard InChI is InChI=1S/C25H19NO3/c27-23-14-8-20(9-15-23)19-6-12-22(13-7-19)26-25(28)29-24-16-10-21(11-17-24)18-4-2-1-3-5-18/h1-17,27H,(H,26,28). The number of anilines is 1. The Morgan fingerprint density at radius 1 is 0.621 bits per heavy atom. The molecule has 4 aromatic carbocycles. The normalized spacial score (nSPS) is 10.3. The zero-order valence-electron chi connectivity index (χ0n) is 15.6. The van der Waals surface area contributed by atoms with Crippen LogP contribution in [0.25, 0.3) is 22.3 Å². The number of nitrogens with one attached hydrogen (secondary N) is 1. The summed E-state index contributed by atoms with van der Waals surface area (Å²) < 4.78 is 5.36. The zero-order chi connectivity index (χ0) is 20.1. The predicted molar refractivity (Wildman–Crippen MR) is 115 cm³/mol. The second-order valence-corrected chi connectivity index (χ2v) is 6.53. The van der Waals surface area contributed by atoms with Crippen molar-refractivity contribution in [1.82, 2.24) is 0 Å². The summed E-state index contributed by atoms with van der Waals surface area (Å²) in [5.41, 5.74) is 4.77. The van der Waals surface area contributed by atoms with Crippen molar-refractivity contribution >= 4 is 11.8 Å². The molecule has 0 radical (unpaired) electrons. The van der Waals surface area contributed by atoms with Crippen molar-refractivity contribution in [2.24, 2.45) is 0 Å². The number of amides is 1. The molecule has 0 spiro atoms. The molecule has 0 saturated heterocycles. The van der Waals surface area contributed by atoms with Crippen molar-refractivity contribution in [2.45, 2.75) is 0 Å². The number of ether oxygens (including phenoxy) is 1. The number of phenols is 1. The Labute approximate surface area is 169 Å². The average molecular weight is 381 g/mol. The van der Waals surface area contributed by atoms with E-state index >= 15 is 0 Å². The van der Waals surface area contributed by atoms with E-state index in [1.807, 2.05) is 78.9 Å². The van der Waals surface area contributed by atoms with Crippen LogP contribution in [0.1, 0.15) is 0 Å². The van der Waals surface area contributed by atoms with Crippen LogP contribution in [0.15, 0.2) is 103 Å². The Hall–Kier alpha value is -4.05. The maximum absolute atomic E-state index is 12.2. The Balaban J connectivity index is 1.37. The van der Waals surface area contributed by atoms with E-state index in [0.29, 0.717) is 11.4 Å². The highest BCUT2D eigenvalue weighted by Crippen LogP contribution is 2.24. The second kappa shape index (κ2) is 8.31. The fourth-order valence-corrected chi connectivity index (χ4v) is 3.00. The van der Waals surface area contributed by atoms with E-state index in [1.165, 1.54) is 0 Å². The molecule has 4 nitrogen and oxygen atoms in total. The third-order valence-corrected chi connectivity index (χ3v) is 4.50. The Morgan fingerprint density at radius 2 is 1.10 bits per heavy atom. The van der Waals surface area contributed by atoms with Crippen LogP contribution in [0.3, 0.4) is 0 Å². The molecule has 0 aromatic heterocycles. The van der Waals surface area contributed by atoms with Gasteiger partial charge in [0, 0.05) is 5.69 Å². The first-order valence-electron chi connectivity index (χ1n) is 9.21. The fourth-order valence-electron chi connectivity index (χ4n) is 3.00. The molecule has 4 rings (SSSR count). The summed E-state index contributed by atoms with van der Waals surface area (Å²) in [5, 5.41) is 12.1. The van der Waals surface area contributed by atoms with Crippen molar-refractivity contribution in [3.8, 4) is 33.8 Å². The van der Waals surface area contributed by atoms with E-state index in [-0.39, 0.29) is 5.75 Å². The topological polar surface area (TPSA) is 58.6 Å². The van der Waals surface area contributed by atoms with Gasteiger partial charge in [-0.3, -0.25) is 5.32 Å². The predicted octanol–water partition coefficient (Wildman–Crippen LogP) is 6.34. The van der Waals surface area contributed by atoms with Gasteiger partial charge in [-0.15, -0.1) is 0 Å². The van der Waals surface area contributed by atoms with Gasteiger partial charge in [-0.25, -0.2) is 4.79 Å². The smallest absolute Gasteiger partial charge is 0.417 e. The lowest BCUT2D eigenvalue weighted by atomic mass is 10.1. The van der Waals surface area contributed by atoms with Crippen molar-refractivity contribution in [2.75, 3.05) is 5.32 Å². The molecule has 0 heterocycles. The largest absolute Gasteiger partial charge is 0.508 e. The van der Waals surface area contributed by atoms with Crippen LogP contribution in [0.4, 0.5) is 10.5 Å². The molecule has 1 amide bonds. The number of aromatic hydroxyl groups is 1. The lowest BCUT2D eigenvalue weighted by Crippen LogP contribution is -2.16. The molecule has 2 N–H and O–H groups in total. The monoisotopic (exact) mass is 381 g/mol. The zero-order valence-corrected chi connectivity index (χ0v) is 15.6. The van der Waals surface area contributed by atoms with Crippen molar-refractivity contribution < 1.29 is 14.6 Å². The Kier molecular flexibility index (Phi) is 5.25. The molecule has 0 fully saturated rings. The molecular formula is C25H19NO3. The number of carbonyl (C=O) groups excluding carboxylic acids is 1. The highest BCUT2D eigenvalue weighted by atomic mass is 16.6. The summed E-state index contributed by atoms with van der Waals surface area (Å²) in [6, 6.07) is 31.8. The van der Waals surface area contributed by atoms with Gasteiger partial charge < -0.3 is 9.84 Å². The number of benzene rings is 4. The molecule has 29 heavy (non-hydrogen) atoms. The summed E-state index contributed by atoms with van der Waals surface area (Å²) in [4.78, 5) is 12.2. The lowest BCUT2D eigenvalue weighted by Gasteiger charge is -2.09. The molecule has 4 heteroatoms.